The number of rotatable bonds is 7. The number of nitrogens with one attached hydrogen (secondary N) is 2. The van der Waals surface area contributed by atoms with Crippen LogP contribution in [0.1, 0.15) is 34.3 Å². The fourth-order valence-corrected chi connectivity index (χ4v) is 4.42. The van der Waals surface area contributed by atoms with Gasteiger partial charge in [0.25, 0.3) is 5.91 Å². The highest BCUT2D eigenvalue weighted by molar-refractivity contribution is 9.10. The molecule has 0 spiro atoms. The summed E-state index contributed by atoms with van der Waals surface area (Å²) in [5.41, 5.74) is 5.36. The number of ether oxygens (including phenoxy) is 1. The van der Waals surface area contributed by atoms with Gasteiger partial charge in [-0.3, -0.25) is 14.9 Å². The highest BCUT2D eigenvalue weighted by Crippen LogP contribution is 2.44. The first-order valence-corrected chi connectivity index (χ1v) is 11.6. The van der Waals surface area contributed by atoms with Gasteiger partial charge < -0.3 is 15.2 Å². The molecule has 0 saturated heterocycles. The Morgan fingerprint density at radius 1 is 1.00 bits per heavy atom. The molecule has 0 saturated carbocycles. The van der Waals surface area contributed by atoms with Gasteiger partial charge in [0, 0.05) is 22.5 Å². The Balaban J connectivity index is 1.37. The standard InChI is InChI=1S/C26H23BrN2O5/c1-15(25(31)32)13-28-24(30)16-10-11-23(22(27)12-16)29-26(33)34-14-21-19-8-4-2-6-17(19)18-7-3-5-9-20(18)21/h2-12,15,21H,13-14H2,1H3,(H,28,30)(H,29,33)(H,31,32). The predicted molar refractivity (Wildman–Crippen MR) is 132 cm³/mol. The molecule has 1 aliphatic rings. The second-order valence-electron chi connectivity index (χ2n) is 8.09. The first-order chi connectivity index (χ1) is 16.3. The molecule has 1 aliphatic carbocycles. The third-order valence-electron chi connectivity index (χ3n) is 5.80. The topological polar surface area (TPSA) is 105 Å². The molecule has 2 amide bonds. The molecule has 3 N–H and O–H groups in total. The number of carbonyl (C=O) groups excluding carboxylic acids is 2. The van der Waals surface area contributed by atoms with Crippen molar-refractivity contribution in [2.24, 2.45) is 5.92 Å². The number of hydrogen-bond donors (Lipinski definition) is 3. The number of halogens is 1. The maximum Gasteiger partial charge on any atom is 0.411 e. The number of carbonyl (C=O) groups is 3. The van der Waals surface area contributed by atoms with Crippen molar-refractivity contribution in [2.45, 2.75) is 12.8 Å². The van der Waals surface area contributed by atoms with E-state index >= 15 is 0 Å². The van der Waals surface area contributed by atoms with E-state index in [1.54, 1.807) is 18.2 Å². The van der Waals surface area contributed by atoms with E-state index in [4.69, 9.17) is 9.84 Å². The summed E-state index contributed by atoms with van der Waals surface area (Å²) in [7, 11) is 0. The van der Waals surface area contributed by atoms with Crippen molar-refractivity contribution in [3.05, 3.63) is 87.9 Å². The lowest BCUT2D eigenvalue weighted by atomic mass is 9.98. The van der Waals surface area contributed by atoms with Gasteiger partial charge in [0.2, 0.25) is 0 Å². The molecule has 7 nitrogen and oxygen atoms in total. The fraction of sp³-hybridized carbons (Fsp3) is 0.192. The van der Waals surface area contributed by atoms with Crippen LogP contribution in [0.3, 0.4) is 0 Å². The number of amides is 2. The van der Waals surface area contributed by atoms with Crippen molar-refractivity contribution in [2.75, 3.05) is 18.5 Å². The van der Waals surface area contributed by atoms with Gasteiger partial charge in [-0.2, -0.15) is 0 Å². The van der Waals surface area contributed by atoms with Crippen molar-refractivity contribution in [1.82, 2.24) is 5.32 Å². The second-order valence-corrected chi connectivity index (χ2v) is 8.95. The maximum atomic E-state index is 12.5. The summed E-state index contributed by atoms with van der Waals surface area (Å²) in [5, 5.41) is 14.2. The van der Waals surface area contributed by atoms with Crippen molar-refractivity contribution < 1.29 is 24.2 Å². The van der Waals surface area contributed by atoms with Crippen LogP contribution in [0.25, 0.3) is 11.1 Å². The second kappa shape index (κ2) is 10.1. The lowest BCUT2D eigenvalue weighted by Crippen LogP contribution is -2.31. The van der Waals surface area contributed by atoms with Crippen molar-refractivity contribution in [3.63, 3.8) is 0 Å². The molecule has 3 aromatic carbocycles. The predicted octanol–water partition coefficient (Wildman–Crippen LogP) is 5.26. The highest BCUT2D eigenvalue weighted by Gasteiger charge is 2.29. The summed E-state index contributed by atoms with van der Waals surface area (Å²) in [6, 6.07) is 20.9. The van der Waals surface area contributed by atoms with E-state index in [2.05, 4.69) is 50.8 Å². The largest absolute Gasteiger partial charge is 0.481 e. The van der Waals surface area contributed by atoms with E-state index in [9.17, 15) is 14.4 Å². The highest BCUT2D eigenvalue weighted by atomic mass is 79.9. The van der Waals surface area contributed by atoms with Gasteiger partial charge in [-0.25, -0.2) is 4.79 Å². The number of hydrogen-bond acceptors (Lipinski definition) is 4. The number of benzene rings is 3. The molecule has 1 unspecified atom stereocenters. The minimum absolute atomic E-state index is 0.0194. The van der Waals surface area contributed by atoms with E-state index in [1.165, 1.54) is 6.92 Å². The summed E-state index contributed by atoms with van der Waals surface area (Å²) in [6.07, 6.45) is -0.602. The molecule has 0 heterocycles. The van der Waals surface area contributed by atoms with E-state index in [-0.39, 0.29) is 19.1 Å². The van der Waals surface area contributed by atoms with Crippen LogP contribution in [0.5, 0.6) is 0 Å². The molecule has 4 rings (SSSR count). The van der Waals surface area contributed by atoms with Gasteiger partial charge in [-0.15, -0.1) is 0 Å². The van der Waals surface area contributed by atoms with E-state index < -0.39 is 23.9 Å². The zero-order valence-electron chi connectivity index (χ0n) is 18.4. The van der Waals surface area contributed by atoms with Gasteiger partial charge in [-0.05, 0) is 56.4 Å². The Labute approximate surface area is 205 Å². The zero-order chi connectivity index (χ0) is 24.2. The number of fused-ring (bicyclic) bond motifs is 3. The SMILES string of the molecule is CC(CNC(=O)c1ccc(NC(=O)OCC2c3ccccc3-c3ccccc32)c(Br)c1)C(=O)O. The summed E-state index contributed by atoms with van der Waals surface area (Å²) in [5.74, 6) is -2.12. The Morgan fingerprint density at radius 2 is 1.62 bits per heavy atom. The Kier molecular flexibility index (Phi) is 6.98. The van der Waals surface area contributed by atoms with E-state index in [1.807, 2.05) is 24.3 Å². The smallest absolute Gasteiger partial charge is 0.411 e. The molecular weight excluding hydrogens is 500 g/mol. The molecule has 0 radical (unpaired) electrons. The molecule has 3 aromatic rings. The van der Waals surface area contributed by atoms with Gasteiger partial charge >= 0.3 is 12.1 Å². The maximum absolute atomic E-state index is 12.5. The van der Waals surface area contributed by atoms with Crippen LogP contribution in [-0.2, 0) is 9.53 Å². The summed E-state index contributed by atoms with van der Waals surface area (Å²) in [4.78, 5) is 35.7. The quantitative estimate of drug-likeness (QED) is 0.392. The first kappa shape index (κ1) is 23.5. The Morgan fingerprint density at radius 3 is 2.21 bits per heavy atom. The van der Waals surface area contributed by atoms with Gasteiger partial charge in [0.1, 0.15) is 6.61 Å². The third kappa shape index (κ3) is 4.97. The van der Waals surface area contributed by atoms with Crippen molar-refractivity contribution in [3.8, 4) is 11.1 Å². The van der Waals surface area contributed by atoms with Crippen molar-refractivity contribution in [1.29, 1.82) is 0 Å². The van der Waals surface area contributed by atoms with Crippen LogP contribution in [0.4, 0.5) is 10.5 Å². The number of carboxylic acids is 1. The van der Waals surface area contributed by atoms with Crippen LogP contribution in [0.15, 0.2) is 71.2 Å². The summed E-state index contributed by atoms with van der Waals surface area (Å²) >= 11 is 3.36. The van der Waals surface area contributed by atoms with Crippen LogP contribution in [-0.4, -0.2) is 36.2 Å². The first-order valence-electron chi connectivity index (χ1n) is 10.8. The average molecular weight is 523 g/mol. The Hall–Kier alpha value is -3.65. The Bertz CT molecular complexity index is 1210. The molecular formula is C26H23BrN2O5. The molecule has 0 aromatic heterocycles. The zero-order valence-corrected chi connectivity index (χ0v) is 20.0. The summed E-state index contributed by atoms with van der Waals surface area (Å²) < 4.78 is 6.06. The minimum Gasteiger partial charge on any atom is -0.481 e. The number of aliphatic carboxylic acids is 1. The number of anilines is 1. The molecule has 8 heteroatoms. The van der Waals surface area contributed by atoms with Crippen LogP contribution in [0.2, 0.25) is 0 Å². The van der Waals surface area contributed by atoms with Gasteiger partial charge in [0.05, 0.1) is 11.6 Å². The van der Waals surface area contributed by atoms with Gasteiger partial charge in [-0.1, -0.05) is 55.5 Å². The fourth-order valence-electron chi connectivity index (χ4n) is 3.94. The lowest BCUT2D eigenvalue weighted by Gasteiger charge is -2.15. The molecule has 1 atom stereocenters. The van der Waals surface area contributed by atoms with Crippen LogP contribution >= 0.6 is 15.9 Å². The van der Waals surface area contributed by atoms with Crippen LogP contribution < -0.4 is 10.6 Å². The molecule has 34 heavy (non-hydrogen) atoms. The van der Waals surface area contributed by atoms with Gasteiger partial charge in [0.15, 0.2) is 0 Å². The number of carboxylic acid groups (broad SMARTS) is 1. The van der Waals surface area contributed by atoms with Crippen molar-refractivity contribution >= 4 is 39.6 Å². The van der Waals surface area contributed by atoms with E-state index in [0.717, 1.165) is 22.3 Å². The van der Waals surface area contributed by atoms with Crippen LogP contribution in [0, 0.1) is 5.92 Å². The van der Waals surface area contributed by atoms with E-state index in [0.29, 0.717) is 15.7 Å². The monoisotopic (exact) mass is 522 g/mol. The molecule has 0 bridgehead atoms. The third-order valence-corrected chi connectivity index (χ3v) is 6.46. The minimum atomic E-state index is -0.982. The molecule has 174 valence electrons. The summed E-state index contributed by atoms with van der Waals surface area (Å²) in [6.45, 7) is 1.73. The molecule has 0 fully saturated rings. The normalized spacial score (nSPS) is 12.9. The lowest BCUT2D eigenvalue weighted by molar-refractivity contribution is -0.140. The molecule has 0 aliphatic heterocycles. The average Bonchev–Trinajstić information content (AvgIpc) is 3.16.